The number of hydrogen-bond donors (Lipinski definition) is 0. The molecule has 0 aliphatic heterocycles. The molecule has 0 fully saturated rings. The molecule has 0 atom stereocenters. The van der Waals surface area contributed by atoms with E-state index in [0.717, 1.165) is 84.0 Å². The molecule has 0 spiro atoms. The van der Waals surface area contributed by atoms with Crippen molar-refractivity contribution in [1.29, 1.82) is 0 Å². The van der Waals surface area contributed by atoms with Gasteiger partial charge in [0.1, 0.15) is 0 Å². The summed E-state index contributed by atoms with van der Waals surface area (Å²) in [5, 5.41) is 17.0. The molecule has 15 aromatic carbocycles. The number of hydrogen-bond acceptors (Lipinski definition) is 2. The van der Waals surface area contributed by atoms with E-state index in [1.54, 1.807) is 0 Å². The second-order valence-electron chi connectivity index (χ2n) is 22.8. The molecule has 18 rings (SSSR count). The van der Waals surface area contributed by atoms with Crippen molar-refractivity contribution in [2.75, 3.05) is 9.80 Å². The molecular formula is C82H53N5. The highest BCUT2D eigenvalue weighted by molar-refractivity contribution is 6.32. The van der Waals surface area contributed by atoms with Crippen LogP contribution in [0.5, 0.6) is 0 Å². The van der Waals surface area contributed by atoms with Crippen LogP contribution in [-0.2, 0) is 0 Å². The summed E-state index contributed by atoms with van der Waals surface area (Å²) in [5.41, 5.74) is 16.6. The van der Waals surface area contributed by atoms with Crippen LogP contribution in [0.1, 0.15) is 0 Å². The molecule has 0 saturated heterocycles. The Morgan fingerprint density at radius 2 is 0.506 bits per heavy atom. The van der Waals surface area contributed by atoms with Crippen molar-refractivity contribution in [2.24, 2.45) is 0 Å². The fourth-order valence-corrected chi connectivity index (χ4v) is 14.5. The molecule has 0 saturated carbocycles. The topological polar surface area (TPSA) is 21.3 Å². The molecule has 0 N–H and O–H groups in total. The third-order valence-electron chi connectivity index (χ3n) is 18.1. The van der Waals surface area contributed by atoms with Gasteiger partial charge in [0.25, 0.3) is 0 Å². The third kappa shape index (κ3) is 7.46. The molecule has 3 aromatic heterocycles. The minimum absolute atomic E-state index is 1.06. The molecule has 0 radical (unpaired) electrons. The zero-order chi connectivity index (χ0) is 57.1. The Bertz CT molecular complexity index is 5410. The van der Waals surface area contributed by atoms with Gasteiger partial charge in [0.2, 0.25) is 0 Å². The highest BCUT2D eigenvalue weighted by Gasteiger charge is 2.28. The minimum atomic E-state index is 1.06. The van der Waals surface area contributed by atoms with Crippen molar-refractivity contribution in [1.82, 2.24) is 13.7 Å². The molecule has 3 heterocycles. The van der Waals surface area contributed by atoms with Crippen LogP contribution in [0.15, 0.2) is 322 Å². The first kappa shape index (κ1) is 48.8. The number of aromatic nitrogens is 3. The summed E-state index contributed by atoms with van der Waals surface area (Å²) >= 11 is 0. The van der Waals surface area contributed by atoms with Crippen molar-refractivity contribution < 1.29 is 0 Å². The fourth-order valence-electron chi connectivity index (χ4n) is 14.5. The highest BCUT2D eigenvalue weighted by atomic mass is 15.2. The summed E-state index contributed by atoms with van der Waals surface area (Å²) in [6.07, 6.45) is 0. The molecule has 406 valence electrons. The van der Waals surface area contributed by atoms with Crippen molar-refractivity contribution in [2.45, 2.75) is 0 Å². The van der Waals surface area contributed by atoms with Gasteiger partial charge in [-0.25, -0.2) is 0 Å². The Hall–Kier alpha value is -11.7. The van der Waals surface area contributed by atoms with E-state index in [0.29, 0.717) is 0 Å². The first-order valence-corrected chi connectivity index (χ1v) is 29.9. The van der Waals surface area contributed by atoms with Crippen LogP contribution in [-0.4, -0.2) is 13.7 Å². The maximum absolute atomic E-state index is 2.52. The molecule has 0 bridgehead atoms. The average Bonchev–Trinajstić information content (AvgIpc) is 1.72. The fraction of sp³-hybridized carbons (Fsp3) is 0. The normalized spacial score (nSPS) is 11.9. The van der Waals surface area contributed by atoms with Gasteiger partial charge in [-0.15, -0.1) is 0 Å². The zero-order valence-electron chi connectivity index (χ0n) is 47.3. The molecule has 5 heteroatoms. The van der Waals surface area contributed by atoms with Crippen molar-refractivity contribution in [3.63, 3.8) is 0 Å². The lowest BCUT2D eigenvalue weighted by molar-refractivity contribution is 1.17. The standard InChI is InChI=1S/C82H53N5/c1-6-26-56(27-7-1)83(61-44-46-69-73(50-61)85(58-30-10-3-11-31-58)71-48-42-54-24-16-18-36-63(54)79(69)71)75-52-77-81(67-40-22-20-38-65(67)75)82-68-41-23-21-39-66(68)76(53-78(82)87(77)60-34-14-5-15-35-60)84(57-28-8-2-9-29-57)62-45-47-70-74(51-62)86(59-32-12-4-13-33-59)72-49-43-55-25-17-19-37-64(55)80(70)72/h1-53H. The molecule has 5 nitrogen and oxygen atoms in total. The van der Waals surface area contributed by atoms with Crippen LogP contribution in [0.2, 0.25) is 0 Å². The number of benzene rings is 15. The van der Waals surface area contributed by atoms with Gasteiger partial charge in [0.05, 0.1) is 44.5 Å². The van der Waals surface area contributed by atoms with Gasteiger partial charge in [-0.2, -0.15) is 0 Å². The smallest absolute Gasteiger partial charge is 0.0568 e. The predicted octanol–water partition coefficient (Wildman–Crippen LogP) is 22.5. The quantitative estimate of drug-likeness (QED) is 0.144. The molecule has 0 amide bonds. The molecule has 87 heavy (non-hydrogen) atoms. The minimum Gasteiger partial charge on any atom is -0.310 e. The van der Waals surface area contributed by atoms with Crippen molar-refractivity contribution >= 4 is 143 Å². The highest BCUT2D eigenvalue weighted by Crippen LogP contribution is 2.51. The van der Waals surface area contributed by atoms with E-state index in [4.69, 9.17) is 0 Å². The summed E-state index contributed by atoms with van der Waals surface area (Å²) in [4.78, 5) is 4.96. The van der Waals surface area contributed by atoms with Crippen LogP contribution in [0.3, 0.4) is 0 Å². The number of para-hydroxylation sites is 5. The van der Waals surface area contributed by atoms with E-state index in [2.05, 4.69) is 345 Å². The Morgan fingerprint density at radius 1 is 0.184 bits per heavy atom. The summed E-state index contributed by atoms with van der Waals surface area (Å²) in [6.45, 7) is 0. The number of anilines is 6. The van der Waals surface area contributed by atoms with Gasteiger partial charge in [0.15, 0.2) is 0 Å². The Labute approximate surface area is 501 Å². The van der Waals surface area contributed by atoms with Gasteiger partial charge in [-0.1, -0.05) is 212 Å². The van der Waals surface area contributed by atoms with Gasteiger partial charge < -0.3 is 23.5 Å². The summed E-state index contributed by atoms with van der Waals surface area (Å²) < 4.78 is 7.41. The summed E-state index contributed by atoms with van der Waals surface area (Å²) in [5.74, 6) is 0. The second kappa shape index (κ2) is 19.5. The van der Waals surface area contributed by atoms with E-state index >= 15 is 0 Å². The molecule has 18 aromatic rings. The van der Waals surface area contributed by atoms with Crippen LogP contribution in [0.4, 0.5) is 34.1 Å². The maximum atomic E-state index is 2.52. The number of nitrogens with zero attached hydrogens (tertiary/aromatic N) is 5. The van der Waals surface area contributed by atoms with Crippen molar-refractivity contribution in [3.8, 4) is 17.1 Å². The van der Waals surface area contributed by atoms with Crippen molar-refractivity contribution in [3.05, 3.63) is 322 Å². The molecular weight excluding hydrogens is 1050 g/mol. The van der Waals surface area contributed by atoms with Gasteiger partial charge in [0, 0.05) is 82.9 Å². The first-order valence-electron chi connectivity index (χ1n) is 29.9. The Balaban J connectivity index is 0.926. The second-order valence-corrected chi connectivity index (χ2v) is 22.8. The van der Waals surface area contributed by atoms with E-state index < -0.39 is 0 Å². The van der Waals surface area contributed by atoms with E-state index in [9.17, 15) is 0 Å². The lowest BCUT2D eigenvalue weighted by atomic mass is 9.96. The maximum Gasteiger partial charge on any atom is 0.0568 e. The van der Waals surface area contributed by atoms with Crippen LogP contribution in [0.25, 0.3) is 126 Å². The van der Waals surface area contributed by atoms with E-state index in [-0.39, 0.29) is 0 Å². The monoisotopic (exact) mass is 1110 g/mol. The number of fused-ring (bicyclic) bond motifs is 17. The average molecular weight is 1110 g/mol. The SMILES string of the molecule is c1ccc(N(c2ccc3c4c5ccccc5ccc4n(-c4ccccc4)c3c2)c2cc3c(c4ccccc24)c2c4ccccc4c(N(c4ccccc4)c4ccc5c6c7ccccc7ccc6n(-c6ccccc6)c5c4)cc2n3-c2ccccc2)cc1. The zero-order valence-corrected chi connectivity index (χ0v) is 47.3. The van der Waals surface area contributed by atoms with Gasteiger partial charge in [-0.3, -0.25) is 0 Å². The van der Waals surface area contributed by atoms with Crippen LogP contribution >= 0.6 is 0 Å². The molecule has 0 aliphatic carbocycles. The summed E-state index contributed by atoms with van der Waals surface area (Å²) in [6, 6.07) is 118. The van der Waals surface area contributed by atoms with Crippen LogP contribution in [0, 0.1) is 0 Å². The van der Waals surface area contributed by atoms with Gasteiger partial charge >= 0.3 is 0 Å². The molecule has 0 unspecified atom stereocenters. The summed E-state index contributed by atoms with van der Waals surface area (Å²) in [7, 11) is 0. The Morgan fingerprint density at radius 3 is 0.897 bits per heavy atom. The largest absolute Gasteiger partial charge is 0.310 e. The van der Waals surface area contributed by atoms with Gasteiger partial charge in [-0.05, 0) is 142 Å². The predicted molar refractivity (Wildman–Crippen MR) is 369 cm³/mol. The lowest BCUT2D eigenvalue weighted by Crippen LogP contribution is -2.11. The van der Waals surface area contributed by atoms with Crippen LogP contribution < -0.4 is 9.80 Å². The first-order chi connectivity index (χ1) is 43.2. The van der Waals surface area contributed by atoms with E-state index in [1.807, 2.05) is 0 Å². The Kier molecular flexibility index (Phi) is 10.9. The third-order valence-corrected chi connectivity index (χ3v) is 18.1. The molecule has 0 aliphatic rings. The van der Waals surface area contributed by atoms with E-state index in [1.165, 1.54) is 75.7 Å². The number of rotatable bonds is 9. The lowest BCUT2D eigenvalue weighted by Gasteiger charge is -2.28.